The Morgan fingerprint density at radius 1 is 1.67 bits per heavy atom. The van der Waals surface area contributed by atoms with Gasteiger partial charge in [-0.3, -0.25) is 0 Å². The highest BCUT2D eigenvalue weighted by Gasteiger charge is 2.04. The maximum Gasteiger partial charge on any atom is 0.114 e. The number of furan rings is 1. The summed E-state index contributed by atoms with van der Waals surface area (Å²) in [7, 11) is 0. The van der Waals surface area contributed by atoms with E-state index in [1.807, 2.05) is 24.8 Å². The maximum atomic E-state index is 5.51. The van der Waals surface area contributed by atoms with Crippen LogP contribution in [-0.4, -0.2) is 12.3 Å². The van der Waals surface area contributed by atoms with Gasteiger partial charge in [0, 0.05) is 10.6 Å². The summed E-state index contributed by atoms with van der Waals surface area (Å²) < 4.78 is 5.18. The summed E-state index contributed by atoms with van der Waals surface area (Å²) in [4.78, 5) is 1.23. The highest BCUT2D eigenvalue weighted by Crippen LogP contribution is 2.24. The molecule has 0 fully saturated rings. The SMILES string of the molecule is Cc1occc1SCC(C)CN. The van der Waals surface area contributed by atoms with Gasteiger partial charge in [-0.25, -0.2) is 0 Å². The molecule has 68 valence electrons. The van der Waals surface area contributed by atoms with Crippen molar-refractivity contribution in [1.29, 1.82) is 0 Å². The second-order valence-corrected chi connectivity index (χ2v) is 4.05. The van der Waals surface area contributed by atoms with Crippen LogP contribution < -0.4 is 5.73 Å². The van der Waals surface area contributed by atoms with Gasteiger partial charge in [0.2, 0.25) is 0 Å². The summed E-state index contributed by atoms with van der Waals surface area (Å²) >= 11 is 1.81. The Bertz CT molecular complexity index is 234. The van der Waals surface area contributed by atoms with Crippen molar-refractivity contribution in [2.45, 2.75) is 18.7 Å². The Labute approximate surface area is 77.5 Å². The van der Waals surface area contributed by atoms with E-state index in [9.17, 15) is 0 Å². The molecule has 1 heterocycles. The zero-order chi connectivity index (χ0) is 8.97. The summed E-state index contributed by atoms with van der Waals surface area (Å²) in [5, 5.41) is 0. The molecule has 12 heavy (non-hydrogen) atoms. The molecule has 1 aromatic heterocycles. The number of nitrogens with two attached hydrogens (primary N) is 1. The second-order valence-electron chi connectivity index (χ2n) is 2.99. The Kier molecular flexibility index (Phi) is 3.69. The zero-order valence-corrected chi connectivity index (χ0v) is 8.36. The molecule has 2 nitrogen and oxygen atoms in total. The fourth-order valence-corrected chi connectivity index (χ4v) is 1.83. The molecule has 0 bridgehead atoms. The lowest BCUT2D eigenvalue weighted by Gasteiger charge is -2.05. The third-order valence-corrected chi connectivity index (χ3v) is 3.21. The van der Waals surface area contributed by atoms with Crippen molar-refractivity contribution >= 4 is 11.8 Å². The number of hydrogen-bond donors (Lipinski definition) is 1. The van der Waals surface area contributed by atoms with Gasteiger partial charge in [-0.05, 0) is 25.5 Å². The lowest BCUT2D eigenvalue weighted by molar-refractivity contribution is 0.526. The molecule has 3 heteroatoms. The quantitative estimate of drug-likeness (QED) is 0.731. The first-order valence-corrected chi connectivity index (χ1v) is 5.09. The Balaban J connectivity index is 2.38. The molecule has 1 unspecified atom stereocenters. The Morgan fingerprint density at radius 2 is 2.42 bits per heavy atom. The largest absolute Gasteiger partial charge is 0.468 e. The van der Waals surface area contributed by atoms with E-state index in [-0.39, 0.29) is 0 Å². The van der Waals surface area contributed by atoms with Gasteiger partial charge in [-0.1, -0.05) is 6.92 Å². The van der Waals surface area contributed by atoms with Crippen molar-refractivity contribution in [2.75, 3.05) is 12.3 Å². The van der Waals surface area contributed by atoms with Crippen LogP contribution >= 0.6 is 11.8 Å². The normalized spacial score (nSPS) is 13.2. The molecule has 0 amide bonds. The first-order valence-electron chi connectivity index (χ1n) is 4.11. The molecule has 0 spiro atoms. The maximum absolute atomic E-state index is 5.51. The van der Waals surface area contributed by atoms with E-state index in [0.29, 0.717) is 5.92 Å². The Morgan fingerprint density at radius 3 is 2.92 bits per heavy atom. The van der Waals surface area contributed by atoms with Crippen molar-refractivity contribution in [2.24, 2.45) is 11.7 Å². The molecule has 0 saturated carbocycles. The van der Waals surface area contributed by atoms with E-state index in [2.05, 4.69) is 6.92 Å². The highest BCUT2D eigenvalue weighted by atomic mass is 32.2. The predicted octanol–water partition coefficient (Wildman–Crippen LogP) is 2.27. The van der Waals surface area contributed by atoms with Gasteiger partial charge in [0.25, 0.3) is 0 Å². The van der Waals surface area contributed by atoms with Gasteiger partial charge in [-0.2, -0.15) is 0 Å². The molecule has 0 aliphatic heterocycles. The molecule has 2 N–H and O–H groups in total. The van der Waals surface area contributed by atoms with Gasteiger partial charge in [0.1, 0.15) is 5.76 Å². The van der Waals surface area contributed by atoms with E-state index in [0.717, 1.165) is 18.1 Å². The van der Waals surface area contributed by atoms with Crippen LogP contribution in [-0.2, 0) is 0 Å². The fraction of sp³-hybridized carbons (Fsp3) is 0.556. The average Bonchev–Trinajstić information content (AvgIpc) is 2.47. The molecule has 1 rings (SSSR count). The van der Waals surface area contributed by atoms with Gasteiger partial charge >= 0.3 is 0 Å². The fourth-order valence-electron chi connectivity index (χ4n) is 0.823. The van der Waals surface area contributed by atoms with Crippen LogP contribution in [0.2, 0.25) is 0 Å². The molecule has 1 atom stereocenters. The van der Waals surface area contributed by atoms with E-state index in [1.165, 1.54) is 4.90 Å². The van der Waals surface area contributed by atoms with Crippen LogP contribution in [0.5, 0.6) is 0 Å². The number of hydrogen-bond acceptors (Lipinski definition) is 3. The van der Waals surface area contributed by atoms with Gasteiger partial charge < -0.3 is 10.2 Å². The van der Waals surface area contributed by atoms with Crippen LogP contribution in [0.1, 0.15) is 12.7 Å². The lowest BCUT2D eigenvalue weighted by Crippen LogP contribution is -2.12. The van der Waals surface area contributed by atoms with E-state index >= 15 is 0 Å². The first kappa shape index (κ1) is 9.68. The summed E-state index contributed by atoms with van der Waals surface area (Å²) in [6.45, 7) is 4.89. The molecular weight excluding hydrogens is 170 g/mol. The van der Waals surface area contributed by atoms with E-state index < -0.39 is 0 Å². The molecule has 0 aromatic carbocycles. The van der Waals surface area contributed by atoms with Crippen molar-refractivity contribution in [3.63, 3.8) is 0 Å². The smallest absolute Gasteiger partial charge is 0.114 e. The van der Waals surface area contributed by atoms with Gasteiger partial charge in [0.05, 0.1) is 6.26 Å². The van der Waals surface area contributed by atoms with Crippen molar-refractivity contribution in [3.05, 3.63) is 18.1 Å². The predicted molar refractivity (Wildman–Crippen MR) is 52.4 cm³/mol. The van der Waals surface area contributed by atoms with Gasteiger partial charge in [0.15, 0.2) is 0 Å². The van der Waals surface area contributed by atoms with Crippen molar-refractivity contribution in [3.8, 4) is 0 Å². The van der Waals surface area contributed by atoms with E-state index in [4.69, 9.17) is 10.2 Å². The van der Waals surface area contributed by atoms with E-state index in [1.54, 1.807) is 6.26 Å². The van der Waals surface area contributed by atoms with Crippen molar-refractivity contribution < 1.29 is 4.42 Å². The summed E-state index contributed by atoms with van der Waals surface area (Å²) in [5.41, 5.74) is 5.51. The minimum Gasteiger partial charge on any atom is -0.468 e. The summed E-state index contributed by atoms with van der Waals surface area (Å²) in [6, 6.07) is 2.00. The first-order chi connectivity index (χ1) is 5.74. The molecule has 1 aromatic rings. The van der Waals surface area contributed by atoms with Crippen LogP contribution in [0.3, 0.4) is 0 Å². The average molecular weight is 185 g/mol. The van der Waals surface area contributed by atoms with Crippen LogP contribution in [0.15, 0.2) is 21.6 Å². The number of rotatable bonds is 4. The minimum absolute atomic E-state index is 0.573. The Hall–Kier alpha value is -0.410. The van der Waals surface area contributed by atoms with Crippen LogP contribution in [0.25, 0.3) is 0 Å². The monoisotopic (exact) mass is 185 g/mol. The highest BCUT2D eigenvalue weighted by molar-refractivity contribution is 7.99. The molecule has 0 aliphatic rings. The van der Waals surface area contributed by atoms with Crippen molar-refractivity contribution in [1.82, 2.24) is 0 Å². The number of thioether (sulfide) groups is 1. The number of aryl methyl sites for hydroxylation is 1. The summed E-state index contributed by atoms with van der Waals surface area (Å²) in [5.74, 6) is 2.64. The second kappa shape index (κ2) is 4.58. The minimum atomic E-state index is 0.573. The van der Waals surface area contributed by atoms with Crippen LogP contribution in [0.4, 0.5) is 0 Å². The molecule has 0 saturated heterocycles. The topological polar surface area (TPSA) is 39.2 Å². The molecule has 0 radical (unpaired) electrons. The van der Waals surface area contributed by atoms with Crippen LogP contribution in [0, 0.1) is 12.8 Å². The van der Waals surface area contributed by atoms with Gasteiger partial charge in [-0.15, -0.1) is 11.8 Å². The zero-order valence-electron chi connectivity index (χ0n) is 7.54. The molecule has 0 aliphatic carbocycles. The summed E-state index contributed by atoms with van der Waals surface area (Å²) in [6.07, 6.45) is 1.73. The lowest BCUT2D eigenvalue weighted by atomic mass is 10.2. The standard InChI is InChI=1S/C9H15NOS/c1-7(5-10)6-12-9-3-4-11-8(9)2/h3-4,7H,5-6,10H2,1-2H3. The molecular formula is C9H15NOS. The third kappa shape index (κ3) is 2.57. The third-order valence-electron chi connectivity index (χ3n) is 1.74.